The number of rotatable bonds is 6. The number of nitrogens with zero attached hydrogens (tertiary/aromatic N) is 2. The van der Waals surface area contributed by atoms with Crippen molar-refractivity contribution in [3.63, 3.8) is 0 Å². The molecule has 0 bridgehead atoms. The van der Waals surface area contributed by atoms with E-state index < -0.39 is 24.5 Å². The van der Waals surface area contributed by atoms with Crippen LogP contribution in [0.5, 0.6) is 0 Å². The number of hydrogen-bond acceptors (Lipinski definition) is 4. The molecule has 0 fully saturated rings. The normalized spacial score (nSPS) is 10.8. The third-order valence-corrected chi connectivity index (χ3v) is 6.15. The second kappa shape index (κ2) is 10.1. The highest BCUT2D eigenvalue weighted by molar-refractivity contribution is 6.31. The fourth-order valence-corrected chi connectivity index (χ4v) is 4.32. The van der Waals surface area contributed by atoms with Crippen LogP contribution in [0.1, 0.15) is 21.6 Å². The van der Waals surface area contributed by atoms with Crippen LogP contribution in [0.4, 0.5) is 4.79 Å². The Kier molecular flexibility index (Phi) is 6.89. The predicted molar refractivity (Wildman–Crippen MR) is 135 cm³/mol. The highest BCUT2D eigenvalue weighted by atomic mass is 35.5. The highest BCUT2D eigenvalue weighted by Gasteiger charge is 2.26. The third kappa shape index (κ3) is 4.85. The van der Waals surface area contributed by atoms with Crippen molar-refractivity contribution in [2.45, 2.75) is 13.0 Å². The second-order valence-corrected chi connectivity index (χ2v) is 8.62. The lowest BCUT2D eigenvalue weighted by Gasteiger charge is -2.23. The molecule has 0 atom stereocenters. The Labute approximate surface area is 210 Å². The zero-order chi connectivity index (χ0) is 26.0. The number of fused-ring (bicyclic) bond motifs is 1. The summed E-state index contributed by atoms with van der Waals surface area (Å²) in [5, 5.41) is 20.5. The van der Waals surface area contributed by atoms with Gasteiger partial charge in [-0.05, 0) is 46.8 Å². The van der Waals surface area contributed by atoms with E-state index in [1.807, 2.05) is 30.3 Å². The summed E-state index contributed by atoms with van der Waals surface area (Å²) in [4.78, 5) is 50.3. The molecule has 0 aliphatic rings. The summed E-state index contributed by atoms with van der Waals surface area (Å²) in [6, 6.07) is 19.7. The molecule has 0 radical (unpaired) electrons. The summed E-state index contributed by atoms with van der Waals surface area (Å²) in [7, 11) is 1.53. The molecular weight excluding hydrogens is 484 g/mol. The summed E-state index contributed by atoms with van der Waals surface area (Å²) >= 11 is 6.25. The van der Waals surface area contributed by atoms with Crippen molar-refractivity contribution < 1.29 is 24.6 Å². The lowest BCUT2D eigenvalue weighted by molar-refractivity contribution is -0.129. The smallest absolute Gasteiger partial charge is 0.414 e. The van der Waals surface area contributed by atoms with E-state index in [0.717, 1.165) is 5.56 Å². The van der Waals surface area contributed by atoms with Gasteiger partial charge in [-0.3, -0.25) is 9.59 Å². The van der Waals surface area contributed by atoms with Gasteiger partial charge in [0.2, 0.25) is 5.91 Å². The summed E-state index contributed by atoms with van der Waals surface area (Å²) in [5.74, 6) is -1.92. The first-order valence-electron chi connectivity index (χ1n) is 10.9. The molecular formula is C27H21ClN2O6. The van der Waals surface area contributed by atoms with Gasteiger partial charge in [-0.25, -0.2) is 14.5 Å². The van der Waals surface area contributed by atoms with Gasteiger partial charge in [0.25, 0.3) is 5.56 Å². The number of carbonyl (C=O) groups excluding carboxylic acids is 1. The molecule has 1 heterocycles. The average molecular weight is 505 g/mol. The number of carboxylic acid groups (broad SMARTS) is 2. The number of halogens is 1. The van der Waals surface area contributed by atoms with Crippen LogP contribution in [0, 0.1) is 0 Å². The van der Waals surface area contributed by atoms with Gasteiger partial charge in [0.05, 0.1) is 18.5 Å². The number of amides is 2. The lowest BCUT2D eigenvalue weighted by atomic mass is 9.96. The van der Waals surface area contributed by atoms with Crippen molar-refractivity contribution >= 4 is 40.3 Å². The number of aromatic carboxylic acids is 1. The topological polar surface area (TPSA) is 117 Å². The molecule has 0 aliphatic heterocycles. The van der Waals surface area contributed by atoms with Gasteiger partial charge in [0, 0.05) is 28.7 Å². The first-order chi connectivity index (χ1) is 17.2. The van der Waals surface area contributed by atoms with E-state index in [-0.39, 0.29) is 17.5 Å². The molecule has 4 aromatic rings. The first kappa shape index (κ1) is 24.7. The van der Waals surface area contributed by atoms with Gasteiger partial charge >= 0.3 is 12.1 Å². The molecule has 3 aromatic carbocycles. The van der Waals surface area contributed by atoms with Gasteiger partial charge in [-0.2, -0.15) is 0 Å². The van der Waals surface area contributed by atoms with Crippen LogP contribution < -0.4 is 5.56 Å². The SMILES string of the molecule is Cn1c(CN(C(=O)O)C(=O)Cc2cccc(C(=O)O)c2)c(-c2ccccc2)c2cc(Cl)ccc2c1=O. The monoisotopic (exact) mass is 504 g/mol. The lowest BCUT2D eigenvalue weighted by Crippen LogP contribution is -2.38. The number of benzene rings is 3. The molecule has 0 spiro atoms. The van der Waals surface area contributed by atoms with E-state index in [1.165, 1.54) is 29.8 Å². The van der Waals surface area contributed by atoms with Crippen molar-refractivity contribution in [3.8, 4) is 11.1 Å². The highest BCUT2D eigenvalue weighted by Crippen LogP contribution is 2.33. The zero-order valence-corrected chi connectivity index (χ0v) is 19.9. The van der Waals surface area contributed by atoms with Crippen molar-refractivity contribution in [1.29, 1.82) is 0 Å². The Balaban J connectivity index is 1.83. The zero-order valence-electron chi connectivity index (χ0n) is 19.1. The molecule has 182 valence electrons. The molecule has 1 aromatic heterocycles. The molecule has 2 N–H and O–H groups in total. The average Bonchev–Trinajstić information content (AvgIpc) is 2.85. The van der Waals surface area contributed by atoms with Crippen molar-refractivity contribution in [2.24, 2.45) is 7.05 Å². The van der Waals surface area contributed by atoms with Crippen LogP contribution >= 0.6 is 11.6 Å². The number of aromatic nitrogens is 1. The van der Waals surface area contributed by atoms with Crippen LogP contribution in [-0.4, -0.2) is 37.6 Å². The molecule has 0 saturated carbocycles. The van der Waals surface area contributed by atoms with Crippen LogP contribution in [0.15, 0.2) is 77.6 Å². The van der Waals surface area contributed by atoms with Crippen LogP contribution in [-0.2, 0) is 24.8 Å². The van der Waals surface area contributed by atoms with E-state index in [0.29, 0.717) is 37.5 Å². The van der Waals surface area contributed by atoms with E-state index in [2.05, 4.69) is 0 Å². The van der Waals surface area contributed by atoms with Crippen molar-refractivity contribution in [3.05, 3.63) is 105 Å². The Morgan fingerprint density at radius 3 is 2.31 bits per heavy atom. The first-order valence-corrected chi connectivity index (χ1v) is 11.3. The fourth-order valence-electron chi connectivity index (χ4n) is 4.14. The van der Waals surface area contributed by atoms with Crippen molar-refractivity contribution in [2.75, 3.05) is 0 Å². The predicted octanol–water partition coefficient (Wildman–Crippen LogP) is 4.81. The van der Waals surface area contributed by atoms with Gasteiger partial charge in [-0.15, -0.1) is 0 Å². The minimum Gasteiger partial charge on any atom is -0.478 e. The molecule has 0 unspecified atom stereocenters. The summed E-state index contributed by atoms with van der Waals surface area (Å²) < 4.78 is 1.34. The second-order valence-electron chi connectivity index (χ2n) is 8.19. The number of hydrogen-bond donors (Lipinski definition) is 2. The Morgan fingerprint density at radius 2 is 1.64 bits per heavy atom. The van der Waals surface area contributed by atoms with E-state index in [4.69, 9.17) is 11.6 Å². The maximum Gasteiger partial charge on any atom is 0.414 e. The van der Waals surface area contributed by atoms with Gasteiger partial charge in [0.15, 0.2) is 0 Å². The Bertz CT molecular complexity index is 1560. The van der Waals surface area contributed by atoms with E-state index in [1.54, 1.807) is 24.3 Å². The minimum atomic E-state index is -1.49. The van der Waals surface area contributed by atoms with Crippen LogP contribution in [0.2, 0.25) is 5.02 Å². The molecule has 2 amide bonds. The van der Waals surface area contributed by atoms with Gasteiger partial charge in [0.1, 0.15) is 0 Å². The molecule has 0 aliphatic carbocycles. The Morgan fingerprint density at radius 1 is 0.917 bits per heavy atom. The van der Waals surface area contributed by atoms with Crippen LogP contribution in [0.3, 0.4) is 0 Å². The molecule has 8 nitrogen and oxygen atoms in total. The maximum absolute atomic E-state index is 13.2. The minimum absolute atomic E-state index is 0.0117. The standard InChI is InChI=1S/C27H21ClN2O6/c1-29-22(15-30(27(35)36)23(31)13-16-6-5-9-18(12-16)26(33)34)24(17-7-3-2-4-8-17)21-14-19(28)10-11-20(21)25(29)32/h2-12,14H,13,15H2,1H3,(H,33,34)(H,35,36). The number of carboxylic acids is 1. The maximum atomic E-state index is 13.2. The van der Waals surface area contributed by atoms with Gasteiger partial charge in [-0.1, -0.05) is 54.1 Å². The molecule has 9 heteroatoms. The quantitative estimate of drug-likeness (QED) is 0.389. The van der Waals surface area contributed by atoms with Crippen LogP contribution in [0.25, 0.3) is 21.9 Å². The van der Waals surface area contributed by atoms with E-state index >= 15 is 0 Å². The van der Waals surface area contributed by atoms with E-state index in [9.17, 15) is 29.4 Å². The molecule has 0 saturated heterocycles. The summed E-state index contributed by atoms with van der Waals surface area (Å²) in [6.45, 7) is -0.398. The number of carbonyl (C=O) groups is 3. The largest absolute Gasteiger partial charge is 0.478 e. The number of pyridine rings is 1. The third-order valence-electron chi connectivity index (χ3n) is 5.91. The summed E-state index contributed by atoms with van der Waals surface area (Å²) in [5.41, 5.74) is 1.61. The fraction of sp³-hybridized carbons (Fsp3) is 0.111. The Hall–Kier alpha value is -4.43. The molecule has 36 heavy (non-hydrogen) atoms. The van der Waals surface area contributed by atoms with Gasteiger partial charge < -0.3 is 14.8 Å². The number of imide groups is 1. The summed E-state index contributed by atoms with van der Waals surface area (Å²) in [6.07, 6.45) is -1.83. The molecule has 4 rings (SSSR count). The van der Waals surface area contributed by atoms with Crippen molar-refractivity contribution in [1.82, 2.24) is 9.47 Å².